The number of hydrogen-bond donors (Lipinski definition) is 1. The van der Waals surface area contributed by atoms with Crippen LogP contribution in [0.25, 0.3) is 22.4 Å². The number of ether oxygens (including phenoxy) is 2. The second kappa shape index (κ2) is 4.77. The van der Waals surface area contributed by atoms with Gasteiger partial charge in [-0.1, -0.05) is 28.1 Å². The summed E-state index contributed by atoms with van der Waals surface area (Å²) >= 11 is 3.56. The molecule has 1 aliphatic heterocycles. The Labute approximate surface area is 130 Å². The average Bonchev–Trinajstić information content (AvgIpc) is 2.90. The Balaban J connectivity index is 1.84. The minimum atomic E-state index is 0.584. The fourth-order valence-corrected chi connectivity index (χ4v) is 2.80. The Morgan fingerprint density at radius 1 is 1.10 bits per heavy atom. The van der Waals surface area contributed by atoms with Crippen LogP contribution < -0.4 is 9.47 Å². The maximum absolute atomic E-state index is 5.60. The van der Waals surface area contributed by atoms with Crippen LogP contribution in [-0.2, 0) is 0 Å². The fourth-order valence-electron chi connectivity index (χ4n) is 2.42. The topological polar surface area (TPSA) is 47.1 Å². The van der Waals surface area contributed by atoms with Crippen molar-refractivity contribution in [2.75, 3.05) is 13.2 Å². The normalized spacial score (nSPS) is 13.6. The second-order valence-electron chi connectivity index (χ2n) is 5.06. The van der Waals surface area contributed by atoms with E-state index in [0.717, 1.165) is 38.4 Å². The van der Waals surface area contributed by atoms with Crippen LogP contribution in [0.3, 0.4) is 0 Å². The first kappa shape index (κ1) is 12.7. The predicted molar refractivity (Wildman–Crippen MR) is 85.0 cm³/mol. The third-order valence-electron chi connectivity index (χ3n) is 3.59. The molecule has 3 aromatic rings. The molecule has 0 fully saturated rings. The van der Waals surface area contributed by atoms with Gasteiger partial charge in [0.1, 0.15) is 19.0 Å². The van der Waals surface area contributed by atoms with Gasteiger partial charge in [0.15, 0.2) is 11.5 Å². The van der Waals surface area contributed by atoms with E-state index in [4.69, 9.17) is 9.47 Å². The molecule has 5 heteroatoms. The van der Waals surface area contributed by atoms with Crippen molar-refractivity contribution in [1.29, 1.82) is 0 Å². The van der Waals surface area contributed by atoms with Crippen LogP contribution in [0.1, 0.15) is 5.56 Å². The molecule has 21 heavy (non-hydrogen) atoms. The lowest BCUT2D eigenvalue weighted by atomic mass is 10.1. The van der Waals surface area contributed by atoms with Gasteiger partial charge in [-0.2, -0.15) is 0 Å². The molecule has 0 bridgehead atoms. The van der Waals surface area contributed by atoms with E-state index in [0.29, 0.717) is 13.2 Å². The van der Waals surface area contributed by atoms with E-state index in [-0.39, 0.29) is 0 Å². The monoisotopic (exact) mass is 344 g/mol. The predicted octanol–water partition coefficient (Wildman–Crippen LogP) is 4.07. The van der Waals surface area contributed by atoms with Gasteiger partial charge < -0.3 is 14.5 Å². The van der Waals surface area contributed by atoms with E-state index in [1.165, 1.54) is 5.56 Å². The van der Waals surface area contributed by atoms with Crippen LogP contribution >= 0.6 is 15.9 Å². The Bertz CT molecular complexity index is 799. The van der Waals surface area contributed by atoms with Crippen LogP contribution in [-0.4, -0.2) is 23.2 Å². The molecule has 106 valence electrons. The van der Waals surface area contributed by atoms with E-state index in [2.05, 4.69) is 51.0 Å². The number of rotatable bonds is 1. The number of fused-ring (bicyclic) bond motifs is 2. The molecule has 0 aliphatic carbocycles. The van der Waals surface area contributed by atoms with Gasteiger partial charge in [-0.3, -0.25) is 0 Å². The molecule has 1 N–H and O–H groups in total. The Hall–Kier alpha value is -2.01. The number of imidazole rings is 1. The van der Waals surface area contributed by atoms with Crippen molar-refractivity contribution in [3.8, 4) is 22.9 Å². The highest BCUT2D eigenvalue weighted by molar-refractivity contribution is 9.10. The van der Waals surface area contributed by atoms with E-state index in [1.54, 1.807) is 0 Å². The smallest absolute Gasteiger partial charge is 0.163 e. The van der Waals surface area contributed by atoms with Gasteiger partial charge in [0, 0.05) is 22.2 Å². The molecule has 0 amide bonds. The minimum absolute atomic E-state index is 0.584. The third-order valence-corrected chi connectivity index (χ3v) is 4.45. The molecule has 0 radical (unpaired) electrons. The Morgan fingerprint density at radius 3 is 2.62 bits per heavy atom. The van der Waals surface area contributed by atoms with Gasteiger partial charge in [-0.25, -0.2) is 4.98 Å². The molecule has 1 aromatic heterocycles. The molecular formula is C16H13BrN2O2. The van der Waals surface area contributed by atoms with Gasteiger partial charge >= 0.3 is 0 Å². The number of nitrogens with zero attached hydrogens (tertiary/aromatic N) is 1. The van der Waals surface area contributed by atoms with Crippen LogP contribution in [0.5, 0.6) is 11.5 Å². The molecule has 1 aliphatic rings. The summed E-state index contributed by atoms with van der Waals surface area (Å²) in [5.41, 5.74) is 4.08. The minimum Gasteiger partial charge on any atom is -0.486 e. The lowest BCUT2D eigenvalue weighted by molar-refractivity contribution is 0.172. The fraction of sp³-hybridized carbons (Fsp3) is 0.188. The molecule has 2 heterocycles. The molecule has 0 unspecified atom stereocenters. The van der Waals surface area contributed by atoms with E-state index < -0.39 is 0 Å². The van der Waals surface area contributed by atoms with Crippen LogP contribution in [0.4, 0.5) is 0 Å². The summed E-state index contributed by atoms with van der Waals surface area (Å²) in [5.74, 6) is 2.37. The van der Waals surface area contributed by atoms with Crippen molar-refractivity contribution in [3.05, 3.63) is 40.4 Å². The average molecular weight is 345 g/mol. The molecule has 4 nitrogen and oxygen atoms in total. The second-order valence-corrected chi connectivity index (χ2v) is 5.92. The highest BCUT2D eigenvalue weighted by atomic mass is 79.9. The van der Waals surface area contributed by atoms with Crippen LogP contribution in [0, 0.1) is 6.92 Å². The summed E-state index contributed by atoms with van der Waals surface area (Å²) in [6.45, 7) is 3.24. The first-order valence-corrected chi connectivity index (χ1v) is 7.56. The van der Waals surface area contributed by atoms with E-state index in [1.807, 2.05) is 12.1 Å². The molecule has 4 rings (SSSR count). The molecule has 0 atom stereocenters. The first-order valence-electron chi connectivity index (χ1n) is 6.76. The third kappa shape index (κ3) is 2.17. The number of benzene rings is 2. The molecule has 0 saturated carbocycles. The quantitative estimate of drug-likeness (QED) is 0.723. The van der Waals surface area contributed by atoms with Crippen LogP contribution in [0.2, 0.25) is 0 Å². The number of hydrogen-bond acceptors (Lipinski definition) is 3. The van der Waals surface area contributed by atoms with Gasteiger partial charge in [-0.05, 0) is 18.6 Å². The SMILES string of the molecule is Cc1ccc(-c2nc3cc4c(cc3[nH]2)OCCO4)cc1Br. The zero-order chi connectivity index (χ0) is 14.4. The molecule has 2 aromatic carbocycles. The number of aromatic amines is 1. The Morgan fingerprint density at radius 2 is 1.86 bits per heavy atom. The summed E-state index contributed by atoms with van der Waals surface area (Å²) in [5, 5.41) is 0. The maximum Gasteiger partial charge on any atom is 0.163 e. The number of aromatic nitrogens is 2. The van der Waals surface area contributed by atoms with Crippen molar-refractivity contribution in [2.24, 2.45) is 0 Å². The standard InChI is InChI=1S/C16H13BrN2O2/c1-9-2-3-10(6-11(9)17)16-18-12-7-14-15(8-13(12)19-16)21-5-4-20-14/h2-3,6-8H,4-5H2,1H3,(H,18,19). The largest absolute Gasteiger partial charge is 0.486 e. The lowest BCUT2D eigenvalue weighted by Crippen LogP contribution is -2.15. The van der Waals surface area contributed by atoms with E-state index in [9.17, 15) is 0 Å². The summed E-state index contributed by atoms with van der Waals surface area (Å²) in [7, 11) is 0. The van der Waals surface area contributed by atoms with Gasteiger partial charge in [-0.15, -0.1) is 0 Å². The van der Waals surface area contributed by atoms with Gasteiger partial charge in [0.25, 0.3) is 0 Å². The number of H-pyrrole nitrogens is 1. The van der Waals surface area contributed by atoms with Gasteiger partial charge in [0.05, 0.1) is 11.0 Å². The zero-order valence-corrected chi connectivity index (χ0v) is 13.0. The maximum atomic E-state index is 5.60. The molecule has 0 saturated heterocycles. The summed E-state index contributed by atoms with van der Waals surface area (Å²) in [4.78, 5) is 7.99. The van der Waals surface area contributed by atoms with Crippen LogP contribution in [0.15, 0.2) is 34.8 Å². The zero-order valence-electron chi connectivity index (χ0n) is 11.4. The summed E-state index contributed by atoms with van der Waals surface area (Å²) < 4.78 is 12.3. The van der Waals surface area contributed by atoms with Crippen molar-refractivity contribution in [2.45, 2.75) is 6.92 Å². The van der Waals surface area contributed by atoms with Crippen molar-refractivity contribution in [1.82, 2.24) is 9.97 Å². The highest BCUT2D eigenvalue weighted by Crippen LogP contribution is 2.35. The molecular weight excluding hydrogens is 332 g/mol. The van der Waals surface area contributed by atoms with Crippen molar-refractivity contribution in [3.63, 3.8) is 0 Å². The van der Waals surface area contributed by atoms with Gasteiger partial charge in [0.2, 0.25) is 0 Å². The Kier molecular flexibility index (Phi) is 2.89. The molecule has 0 spiro atoms. The van der Waals surface area contributed by atoms with E-state index >= 15 is 0 Å². The number of halogens is 1. The highest BCUT2D eigenvalue weighted by Gasteiger charge is 2.15. The van der Waals surface area contributed by atoms with Crippen molar-refractivity contribution < 1.29 is 9.47 Å². The summed E-state index contributed by atoms with van der Waals surface area (Å²) in [6, 6.07) is 10.1. The number of nitrogens with one attached hydrogen (secondary N) is 1. The first-order chi connectivity index (χ1) is 10.2. The number of aryl methyl sites for hydroxylation is 1. The summed E-state index contributed by atoms with van der Waals surface area (Å²) in [6.07, 6.45) is 0. The van der Waals surface area contributed by atoms with Crippen molar-refractivity contribution >= 4 is 27.0 Å². The lowest BCUT2D eigenvalue weighted by Gasteiger charge is -2.17.